The van der Waals surface area contributed by atoms with E-state index in [1.807, 2.05) is 0 Å². The number of ether oxygens (including phenoxy) is 1. The lowest BCUT2D eigenvalue weighted by molar-refractivity contribution is -0.123. The highest BCUT2D eigenvalue weighted by atomic mass is 79.9. The zero-order valence-corrected chi connectivity index (χ0v) is 13.6. The van der Waals surface area contributed by atoms with E-state index in [1.54, 1.807) is 45.0 Å². The van der Waals surface area contributed by atoms with Gasteiger partial charge in [0.2, 0.25) is 0 Å². The van der Waals surface area contributed by atoms with Gasteiger partial charge in [0.05, 0.1) is 5.56 Å². The average Bonchev–Trinajstić information content (AvgIpc) is 2.33. The van der Waals surface area contributed by atoms with Crippen molar-refractivity contribution in [1.82, 2.24) is 10.6 Å². The van der Waals surface area contributed by atoms with Gasteiger partial charge in [0, 0.05) is 10.0 Å². The number of amides is 3. The van der Waals surface area contributed by atoms with Crippen LogP contribution in [0, 0.1) is 0 Å². The monoisotopic (exact) mass is 356 g/mol. The molecule has 0 spiro atoms. The fourth-order valence-electron chi connectivity index (χ4n) is 1.36. The fourth-order valence-corrected chi connectivity index (χ4v) is 1.76. The minimum absolute atomic E-state index is 0.316. The van der Waals surface area contributed by atoms with Crippen LogP contribution in [0.25, 0.3) is 0 Å². The number of urea groups is 1. The van der Waals surface area contributed by atoms with Crippen molar-refractivity contribution in [3.05, 3.63) is 34.3 Å². The highest BCUT2D eigenvalue weighted by Crippen LogP contribution is 2.12. The van der Waals surface area contributed by atoms with Crippen LogP contribution in [0.4, 0.5) is 4.79 Å². The second-order valence-electron chi connectivity index (χ2n) is 5.34. The Balaban J connectivity index is 2.43. The Morgan fingerprint density at radius 1 is 1.24 bits per heavy atom. The highest BCUT2D eigenvalue weighted by Gasteiger charge is 2.17. The van der Waals surface area contributed by atoms with Gasteiger partial charge in [-0.15, -0.1) is 0 Å². The summed E-state index contributed by atoms with van der Waals surface area (Å²) in [4.78, 5) is 34.6. The molecule has 1 aromatic rings. The van der Waals surface area contributed by atoms with Crippen molar-refractivity contribution < 1.29 is 19.1 Å². The van der Waals surface area contributed by atoms with Gasteiger partial charge >= 0.3 is 12.0 Å². The zero-order chi connectivity index (χ0) is 16.0. The van der Waals surface area contributed by atoms with Crippen LogP contribution in [0.3, 0.4) is 0 Å². The number of carbonyl (C=O) groups excluding carboxylic acids is 3. The maximum Gasteiger partial charge on any atom is 0.338 e. The number of hydrogen-bond acceptors (Lipinski definition) is 4. The second-order valence-corrected chi connectivity index (χ2v) is 6.25. The van der Waals surface area contributed by atoms with Gasteiger partial charge < -0.3 is 10.1 Å². The molecular formula is C14H17BrN2O4. The zero-order valence-electron chi connectivity index (χ0n) is 12.0. The van der Waals surface area contributed by atoms with Crippen molar-refractivity contribution in [1.29, 1.82) is 0 Å². The van der Waals surface area contributed by atoms with E-state index in [9.17, 15) is 14.4 Å². The molecule has 1 rings (SSSR count). The minimum atomic E-state index is -0.694. The molecule has 0 saturated heterocycles. The van der Waals surface area contributed by atoms with Gasteiger partial charge in [-0.2, -0.15) is 0 Å². The molecule has 21 heavy (non-hydrogen) atoms. The van der Waals surface area contributed by atoms with E-state index in [4.69, 9.17) is 4.74 Å². The quantitative estimate of drug-likeness (QED) is 0.813. The second kappa shape index (κ2) is 7.21. The molecule has 1 aromatic carbocycles. The Bertz CT molecular complexity index is 552. The standard InChI is InChI=1S/C14H17BrN2O4/c1-14(2,3)17-13(20)16-11(18)8-21-12(19)9-5-4-6-10(15)7-9/h4-7H,8H2,1-3H3,(H2,16,17,18,20). The third-order valence-corrected chi connectivity index (χ3v) is 2.63. The topological polar surface area (TPSA) is 84.5 Å². The number of carbonyl (C=O) groups is 3. The fraction of sp³-hybridized carbons (Fsp3) is 0.357. The lowest BCUT2D eigenvalue weighted by atomic mass is 10.1. The van der Waals surface area contributed by atoms with Crippen molar-refractivity contribution in [2.45, 2.75) is 26.3 Å². The van der Waals surface area contributed by atoms with Crippen LogP contribution < -0.4 is 10.6 Å². The van der Waals surface area contributed by atoms with Crippen LogP contribution in [-0.2, 0) is 9.53 Å². The predicted octanol–water partition coefficient (Wildman–Crippen LogP) is 2.23. The summed E-state index contributed by atoms with van der Waals surface area (Å²) < 4.78 is 5.55. The van der Waals surface area contributed by atoms with Crippen molar-refractivity contribution >= 4 is 33.8 Å². The summed E-state index contributed by atoms with van der Waals surface area (Å²) in [5, 5.41) is 4.64. The first-order chi connectivity index (χ1) is 9.67. The van der Waals surface area contributed by atoms with Gasteiger partial charge in [0.15, 0.2) is 6.61 Å². The minimum Gasteiger partial charge on any atom is -0.452 e. The lowest BCUT2D eigenvalue weighted by Crippen LogP contribution is -2.49. The first-order valence-corrected chi connectivity index (χ1v) is 7.01. The summed E-state index contributed by atoms with van der Waals surface area (Å²) >= 11 is 3.23. The summed E-state index contributed by atoms with van der Waals surface area (Å²) in [6, 6.07) is 5.95. The molecular weight excluding hydrogens is 340 g/mol. The van der Waals surface area contributed by atoms with E-state index in [0.717, 1.165) is 4.47 Å². The third-order valence-electron chi connectivity index (χ3n) is 2.14. The smallest absolute Gasteiger partial charge is 0.338 e. The Morgan fingerprint density at radius 3 is 2.48 bits per heavy atom. The van der Waals surface area contributed by atoms with Gasteiger partial charge in [-0.3, -0.25) is 10.1 Å². The maximum atomic E-state index is 11.7. The molecule has 0 atom stereocenters. The van der Waals surface area contributed by atoms with Gasteiger partial charge in [0.1, 0.15) is 0 Å². The van der Waals surface area contributed by atoms with Gasteiger partial charge in [-0.05, 0) is 39.0 Å². The summed E-state index contributed by atoms with van der Waals surface area (Å²) in [6.45, 7) is 4.82. The van der Waals surface area contributed by atoms with Crippen molar-refractivity contribution in [2.24, 2.45) is 0 Å². The Kier molecular flexibility index (Phi) is 5.90. The predicted molar refractivity (Wildman–Crippen MR) is 80.9 cm³/mol. The van der Waals surface area contributed by atoms with Crippen molar-refractivity contribution in [3.63, 3.8) is 0 Å². The van der Waals surface area contributed by atoms with E-state index >= 15 is 0 Å². The molecule has 0 unspecified atom stereocenters. The Morgan fingerprint density at radius 2 is 1.90 bits per heavy atom. The number of esters is 1. The number of imide groups is 1. The SMILES string of the molecule is CC(C)(C)NC(=O)NC(=O)COC(=O)c1cccc(Br)c1. The van der Waals surface area contributed by atoms with E-state index in [0.29, 0.717) is 5.56 Å². The van der Waals surface area contributed by atoms with Crippen LogP contribution in [0.1, 0.15) is 31.1 Å². The third kappa shape index (κ3) is 6.89. The van der Waals surface area contributed by atoms with Gasteiger partial charge in [-0.1, -0.05) is 22.0 Å². The van der Waals surface area contributed by atoms with Crippen molar-refractivity contribution in [3.8, 4) is 0 Å². The Hall–Kier alpha value is -1.89. The molecule has 0 aromatic heterocycles. The molecule has 7 heteroatoms. The lowest BCUT2D eigenvalue weighted by Gasteiger charge is -2.20. The first kappa shape index (κ1) is 17.2. The van der Waals surface area contributed by atoms with E-state index in [2.05, 4.69) is 26.6 Å². The summed E-state index contributed by atoms with van der Waals surface area (Å²) in [5.41, 5.74) is -0.145. The number of nitrogens with one attached hydrogen (secondary N) is 2. The number of benzene rings is 1. The van der Waals surface area contributed by atoms with Crippen LogP contribution in [-0.4, -0.2) is 30.1 Å². The van der Waals surface area contributed by atoms with Crippen LogP contribution in [0.5, 0.6) is 0 Å². The number of hydrogen-bond donors (Lipinski definition) is 2. The van der Waals surface area contributed by atoms with Crippen LogP contribution in [0.2, 0.25) is 0 Å². The molecule has 6 nitrogen and oxygen atoms in total. The number of rotatable bonds is 3. The van der Waals surface area contributed by atoms with Crippen LogP contribution >= 0.6 is 15.9 Å². The molecule has 0 saturated carbocycles. The van der Waals surface area contributed by atoms with Crippen LogP contribution in [0.15, 0.2) is 28.7 Å². The van der Waals surface area contributed by atoms with Crippen molar-refractivity contribution in [2.75, 3.05) is 6.61 Å². The van der Waals surface area contributed by atoms with Gasteiger partial charge in [-0.25, -0.2) is 9.59 Å². The van der Waals surface area contributed by atoms with E-state index < -0.39 is 30.1 Å². The molecule has 0 radical (unpaired) electrons. The Labute approximate surface area is 131 Å². The maximum absolute atomic E-state index is 11.7. The molecule has 2 N–H and O–H groups in total. The molecule has 0 fully saturated rings. The molecule has 0 aliphatic carbocycles. The summed E-state index contributed by atoms with van der Waals surface area (Å²) in [5.74, 6) is -1.33. The van der Waals surface area contributed by atoms with E-state index in [-0.39, 0.29) is 0 Å². The molecule has 0 bridgehead atoms. The normalized spacial score (nSPS) is 10.7. The molecule has 114 valence electrons. The largest absolute Gasteiger partial charge is 0.452 e. The summed E-state index contributed by atoms with van der Waals surface area (Å²) in [6.07, 6.45) is 0. The summed E-state index contributed by atoms with van der Waals surface area (Å²) in [7, 11) is 0. The molecule has 0 heterocycles. The first-order valence-electron chi connectivity index (χ1n) is 6.22. The molecule has 0 aliphatic rings. The highest BCUT2D eigenvalue weighted by molar-refractivity contribution is 9.10. The average molecular weight is 357 g/mol. The number of halogens is 1. The molecule has 0 aliphatic heterocycles. The van der Waals surface area contributed by atoms with E-state index in [1.165, 1.54) is 0 Å². The van der Waals surface area contributed by atoms with Gasteiger partial charge in [0.25, 0.3) is 5.91 Å². The molecule has 3 amide bonds.